The highest BCUT2D eigenvalue weighted by atomic mass is 32.1. The lowest BCUT2D eigenvalue weighted by atomic mass is 9.91. The number of esters is 1. The predicted molar refractivity (Wildman–Crippen MR) is 90.0 cm³/mol. The van der Waals surface area contributed by atoms with Crippen LogP contribution in [0.5, 0.6) is 0 Å². The Labute approximate surface area is 142 Å². The van der Waals surface area contributed by atoms with Gasteiger partial charge in [0.2, 0.25) is 0 Å². The fourth-order valence-electron chi connectivity index (χ4n) is 1.82. The number of carbonyl (C=O) groups excluding carboxylic acids is 3. The SMILES string of the molecule is CC(C)(C)Cc1cc(CNCC(=O)OC(C)(C)C)cs1.O=C=O. The molecule has 130 valence electrons. The van der Waals surface area contributed by atoms with Gasteiger partial charge >= 0.3 is 12.1 Å². The third-order valence-corrected chi connectivity index (χ3v) is 3.42. The Morgan fingerprint density at radius 1 is 1.22 bits per heavy atom. The summed E-state index contributed by atoms with van der Waals surface area (Å²) in [6.45, 7) is 13.3. The zero-order valence-corrected chi connectivity index (χ0v) is 15.6. The molecule has 1 aromatic heterocycles. The fraction of sp³-hybridized carbons (Fsp3) is 0.647. The molecule has 0 radical (unpaired) electrons. The van der Waals surface area contributed by atoms with Crippen LogP contribution in [0.3, 0.4) is 0 Å². The van der Waals surface area contributed by atoms with Crippen molar-refractivity contribution >= 4 is 23.5 Å². The first-order valence-corrected chi connectivity index (χ1v) is 8.33. The number of carbonyl (C=O) groups is 1. The molecule has 0 aromatic carbocycles. The van der Waals surface area contributed by atoms with E-state index in [1.807, 2.05) is 20.8 Å². The highest BCUT2D eigenvalue weighted by molar-refractivity contribution is 7.10. The van der Waals surface area contributed by atoms with Crippen molar-refractivity contribution in [3.63, 3.8) is 0 Å². The normalized spacial score (nSPS) is 11.2. The third kappa shape index (κ3) is 12.7. The van der Waals surface area contributed by atoms with Crippen LogP contribution in [0.4, 0.5) is 0 Å². The first-order valence-electron chi connectivity index (χ1n) is 7.45. The van der Waals surface area contributed by atoms with Crippen molar-refractivity contribution in [2.24, 2.45) is 5.41 Å². The molecule has 0 saturated heterocycles. The Balaban J connectivity index is 0.00000149. The minimum absolute atomic E-state index is 0.206. The van der Waals surface area contributed by atoms with E-state index >= 15 is 0 Å². The Bertz CT molecular complexity index is 517. The maximum atomic E-state index is 11.6. The number of nitrogens with one attached hydrogen (secondary N) is 1. The van der Waals surface area contributed by atoms with Gasteiger partial charge in [0.25, 0.3) is 0 Å². The molecule has 0 atom stereocenters. The molecule has 1 rings (SSSR count). The van der Waals surface area contributed by atoms with Gasteiger partial charge < -0.3 is 10.1 Å². The first-order chi connectivity index (χ1) is 10.5. The Kier molecular flexibility index (Phi) is 8.98. The molecule has 0 spiro atoms. The topological polar surface area (TPSA) is 72.5 Å². The number of thiophene rings is 1. The standard InChI is InChI=1S/C16H27NO2S.CO2/c1-15(2,3)8-13-7-12(11-20-13)9-17-10-14(18)19-16(4,5)6;2-1-3/h7,11,17H,8-10H2,1-6H3;. The third-order valence-electron chi connectivity index (χ3n) is 2.43. The molecule has 0 unspecified atom stereocenters. The maximum Gasteiger partial charge on any atom is 0.373 e. The van der Waals surface area contributed by atoms with Gasteiger partial charge in [0, 0.05) is 11.4 Å². The number of hydrogen-bond acceptors (Lipinski definition) is 6. The van der Waals surface area contributed by atoms with Crippen molar-refractivity contribution in [1.82, 2.24) is 5.32 Å². The van der Waals surface area contributed by atoms with Crippen molar-refractivity contribution in [3.8, 4) is 0 Å². The summed E-state index contributed by atoms with van der Waals surface area (Å²) in [5.41, 5.74) is 1.13. The van der Waals surface area contributed by atoms with Gasteiger partial charge in [0.15, 0.2) is 0 Å². The minimum Gasteiger partial charge on any atom is -0.459 e. The summed E-state index contributed by atoms with van der Waals surface area (Å²) in [4.78, 5) is 29.2. The molecule has 1 heterocycles. The lowest BCUT2D eigenvalue weighted by Crippen LogP contribution is -2.31. The molecule has 5 nitrogen and oxygen atoms in total. The molecule has 0 aliphatic heterocycles. The molecule has 0 aliphatic carbocycles. The highest BCUT2D eigenvalue weighted by Crippen LogP contribution is 2.25. The van der Waals surface area contributed by atoms with Crippen LogP contribution in [0.15, 0.2) is 11.4 Å². The van der Waals surface area contributed by atoms with Crippen LogP contribution in [0, 0.1) is 5.41 Å². The van der Waals surface area contributed by atoms with Crippen LogP contribution in [0.25, 0.3) is 0 Å². The monoisotopic (exact) mass is 341 g/mol. The van der Waals surface area contributed by atoms with Crippen LogP contribution in [0.2, 0.25) is 0 Å². The first kappa shape index (κ1) is 21.5. The van der Waals surface area contributed by atoms with E-state index in [1.54, 1.807) is 11.3 Å². The van der Waals surface area contributed by atoms with Gasteiger partial charge in [-0.3, -0.25) is 4.79 Å². The molecule has 1 aromatic rings. The van der Waals surface area contributed by atoms with Crippen molar-refractivity contribution in [1.29, 1.82) is 0 Å². The summed E-state index contributed by atoms with van der Waals surface area (Å²) in [6.07, 6.45) is 1.34. The quantitative estimate of drug-likeness (QED) is 0.833. The molecule has 0 aliphatic rings. The number of ether oxygens (including phenoxy) is 1. The second-order valence-electron chi connectivity index (χ2n) is 7.43. The van der Waals surface area contributed by atoms with E-state index in [4.69, 9.17) is 14.3 Å². The smallest absolute Gasteiger partial charge is 0.373 e. The van der Waals surface area contributed by atoms with E-state index in [-0.39, 0.29) is 18.7 Å². The van der Waals surface area contributed by atoms with Crippen LogP contribution >= 0.6 is 11.3 Å². The van der Waals surface area contributed by atoms with Crippen molar-refractivity contribution in [2.75, 3.05) is 6.54 Å². The molecule has 0 saturated carbocycles. The maximum absolute atomic E-state index is 11.6. The summed E-state index contributed by atoms with van der Waals surface area (Å²) in [5, 5.41) is 5.29. The second-order valence-corrected chi connectivity index (χ2v) is 8.43. The molecule has 23 heavy (non-hydrogen) atoms. The van der Waals surface area contributed by atoms with Gasteiger partial charge in [-0.25, -0.2) is 0 Å². The van der Waals surface area contributed by atoms with Gasteiger partial charge in [-0.05, 0) is 49.6 Å². The molecular formula is C17H27NO4S. The highest BCUT2D eigenvalue weighted by Gasteiger charge is 2.16. The molecule has 0 bridgehead atoms. The van der Waals surface area contributed by atoms with Gasteiger partial charge in [-0.2, -0.15) is 9.59 Å². The van der Waals surface area contributed by atoms with Gasteiger partial charge in [-0.15, -0.1) is 11.3 Å². The van der Waals surface area contributed by atoms with Crippen LogP contribution in [-0.4, -0.2) is 24.3 Å². The summed E-state index contributed by atoms with van der Waals surface area (Å²) in [5.74, 6) is -0.206. The van der Waals surface area contributed by atoms with Crippen LogP contribution < -0.4 is 5.32 Å². The fourth-order valence-corrected chi connectivity index (χ4v) is 3.01. The average Bonchev–Trinajstić information content (AvgIpc) is 2.72. The van der Waals surface area contributed by atoms with E-state index in [0.29, 0.717) is 12.0 Å². The summed E-state index contributed by atoms with van der Waals surface area (Å²) < 4.78 is 5.25. The van der Waals surface area contributed by atoms with E-state index in [2.05, 4.69) is 37.5 Å². The van der Waals surface area contributed by atoms with E-state index in [0.717, 1.165) is 6.42 Å². The molecule has 0 amide bonds. The molecule has 1 N–H and O–H groups in total. The molecule has 0 fully saturated rings. The zero-order chi connectivity index (χ0) is 18.1. The van der Waals surface area contributed by atoms with E-state index in [1.165, 1.54) is 10.4 Å². The van der Waals surface area contributed by atoms with Crippen LogP contribution in [0.1, 0.15) is 52.0 Å². The van der Waals surface area contributed by atoms with Gasteiger partial charge in [-0.1, -0.05) is 20.8 Å². The summed E-state index contributed by atoms with van der Waals surface area (Å²) >= 11 is 1.79. The lowest BCUT2D eigenvalue weighted by Gasteiger charge is -2.19. The summed E-state index contributed by atoms with van der Waals surface area (Å²) in [7, 11) is 0. The largest absolute Gasteiger partial charge is 0.459 e. The number of rotatable bonds is 5. The van der Waals surface area contributed by atoms with Crippen molar-refractivity contribution in [3.05, 3.63) is 21.9 Å². The van der Waals surface area contributed by atoms with E-state index in [9.17, 15) is 4.79 Å². The predicted octanol–water partition coefficient (Wildman–Crippen LogP) is 3.18. The van der Waals surface area contributed by atoms with Crippen LogP contribution in [-0.2, 0) is 32.1 Å². The van der Waals surface area contributed by atoms with Gasteiger partial charge in [0.1, 0.15) is 5.60 Å². The van der Waals surface area contributed by atoms with E-state index < -0.39 is 5.60 Å². The van der Waals surface area contributed by atoms with Crippen molar-refractivity contribution in [2.45, 2.75) is 60.1 Å². The Morgan fingerprint density at radius 3 is 2.26 bits per heavy atom. The average molecular weight is 341 g/mol. The lowest BCUT2D eigenvalue weighted by molar-refractivity contribution is -0.191. The Hall–Kier alpha value is -1.49. The minimum atomic E-state index is -0.416. The van der Waals surface area contributed by atoms with Crippen molar-refractivity contribution < 1.29 is 19.1 Å². The Morgan fingerprint density at radius 2 is 1.78 bits per heavy atom. The van der Waals surface area contributed by atoms with Gasteiger partial charge in [0.05, 0.1) is 6.54 Å². The molecule has 6 heteroatoms. The summed E-state index contributed by atoms with van der Waals surface area (Å²) in [6, 6.07) is 2.22. The zero-order valence-electron chi connectivity index (χ0n) is 14.8. The second kappa shape index (κ2) is 9.60. The molecular weight excluding hydrogens is 314 g/mol. The number of hydrogen-bond donors (Lipinski definition) is 1.